The molecule has 1 atom stereocenters. The van der Waals surface area contributed by atoms with Gasteiger partial charge in [0.05, 0.1) is 22.9 Å². The minimum absolute atomic E-state index is 0.0488. The number of aryl methyl sites for hydroxylation is 1. The molecule has 1 aliphatic rings. The summed E-state index contributed by atoms with van der Waals surface area (Å²) in [5.74, 6) is -0.0177. The van der Waals surface area contributed by atoms with Gasteiger partial charge in [-0.25, -0.2) is 19.1 Å². The summed E-state index contributed by atoms with van der Waals surface area (Å²) >= 11 is 6.61. The SMILES string of the molecule is Cc1ncnn1-c1cc([C@@H](COC(=O)NC2(C)CC2)N(C(=O)c2ccc(-c3cnn(C(F)F)c3)cc2)C(N)=NCCC(C)(C)C)ccc1Cl. The van der Waals surface area contributed by atoms with Gasteiger partial charge in [0.1, 0.15) is 18.8 Å². The Hall–Kier alpha value is -4.85. The molecule has 0 unspecified atom stereocenters. The quantitative estimate of drug-likeness (QED) is 0.131. The fourth-order valence-corrected chi connectivity index (χ4v) is 5.23. The Balaban J connectivity index is 1.55. The van der Waals surface area contributed by atoms with Crippen LogP contribution < -0.4 is 11.1 Å². The van der Waals surface area contributed by atoms with Gasteiger partial charge in [-0.2, -0.15) is 19.0 Å². The van der Waals surface area contributed by atoms with Crippen molar-refractivity contribution in [1.29, 1.82) is 0 Å². The zero-order valence-electron chi connectivity index (χ0n) is 28.0. The van der Waals surface area contributed by atoms with E-state index in [1.807, 2.05) is 6.92 Å². The van der Waals surface area contributed by atoms with Crippen LogP contribution in [0.2, 0.25) is 5.02 Å². The van der Waals surface area contributed by atoms with Crippen LogP contribution in [0.4, 0.5) is 13.6 Å². The number of carbonyl (C=O) groups excluding carboxylic acids is 2. The number of nitrogens with one attached hydrogen (secondary N) is 1. The third kappa shape index (κ3) is 8.79. The van der Waals surface area contributed by atoms with Crippen LogP contribution in [0.15, 0.2) is 66.2 Å². The number of carbonyl (C=O) groups is 2. The van der Waals surface area contributed by atoms with Gasteiger partial charge in [0, 0.05) is 29.4 Å². The molecule has 2 aromatic carbocycles. The van der Waals surface area contributed by atoms with Crippen LogP contribution in [0.3, 0.4) is 0 Å². The summed E-state index contributed by atoms with van der Waals surface area (Å²) < 4.78 is 34.1. The number of ether oxygens (including phenoxy) is 1. The smallest absolute Gasteiger partial charge is 0.407 e. The number of benzene rings is 2. The van der Waals surface area contributed by atoms with Gasteiger partial charge in [-0.15, -0.1) is 0 Å². The number of alkyl carbamates (subject to hydrolysis) is 1. The van der Waals surface area contributed by atoms with Gasteiger partial charge in [-0.05, 0) is 73.9 Å². The Labute approximate surface area is 288 Å². The van der Waals surface area contributed by atoms with E-state index in [1.54, 1.807) is 54.1 Å². The van der Waals surface area contributed by atoms with Crippen LogP contribution in [0, 0.1) is 12.3 Å². The predicted octanol–water partition coefficient (Wildman–Crippen LogP) is 6.70. The second-order valence-electron chi connectivity index (χ2n) is 13.5. The zero-order chi connectivity index (χ0) is 35.5. The number of rotatable bonds is 11. The minimum Gasteiger partial charge on any atom is -0.447 e. The van der Waals surface area contributed by atoms with E-state index < -0.39 is 24.6 Å². The summed E-state index contributed by atoms with van der Waals surface area (Å²) in [5, 5.41) is 11.2. The van der Waals surface area contributed by atoms with E-state index in [4.69, 9.17) is 22.1 Å². The molecule has 2 heterocycles. The Bertz CT molecular complexity index is 1830. The van der Waals surface area contributed by atoms with Crippen molar-refractivity contribution in [2.45, 2.75) is 72.0 Å². The monoisotopic (exact) mass is 695 g/mol. The third-order valence-corrected chi connectivity index (χ3v) is 8.58. The maximum atomic E-state index is 14.5. The predicted molar refractivity (Wildman–Crippen MR) is 182 cm³/mol. The molecule has 4 aromatic rings. The summed E-state index contributed by atoms with van der Waals surface area (Å²) in [4.78, 5) is 37.5. The summed E-state index contributed by atoms with van der Waals surface area (Å²) in [6.45, 7) is 7.21. The average molecular weight is 696 g/mol. The lowest BCUT2D eigenvalue weighted by Gasteiger charge is -2.32. The fraction of sp³-hybridized carbons (Fsp3) is 0.412. The van der Waals surface area contributed by atoms with Crippen molar-refractivity contribution in [2.75, 3.05) is 13.2 Å². The highest BCUT2D eigenvalue weighted by molar-refractivity contribution is 6.32. The standard InChI is InChI=1S/C34H40ClF2N9O3/c1-21-40-20-42-46(21)27-16-24(10-11-26(27)35)28(19-49-32(48)43-34(5)12-13-34)45(31(38)39-15-14-33(2,3)4)29(47)23-8-6-22(7-9-23)25-17-41-44(18-25)30(36)37/h6-11,16-18,20,28,30H,12-15,19H2,1-5H3,(H2,38,39)(H,43,48)/t28-/m1/s1. The molecule has 0 aliphatic heterocycles. The maximum Gasteiger partial charge on any atom is 0.407 e. The Kier molecular flexibility index (Phi) is 10.4. The first-order chi connectivity index (χ1) is 23.1. The molecular weight excluding hydrogens is 656 g/mol. The molecule has 0 spiro atoms. The first-order valence-corrected chi connectivity index (χ1v) is 16.2. The van der Waals surface area contributed by atoms with Crippen LogP contribution >= 0.6 is 11.6 Å². The topological polar surface area (TPSA) is 146 Å². The van der Waals surface area contributed by atoms with Gasteiger partial charge in [0.25, 0.3) is 5.91 Å². The van der Waals surface area contributed by atoms with Gasteiger partial charge >= 0.3 is 12.6 Å². The number of aromatic nitrogens is 5. The average Bonchev–Trinajstić information content (AvgIpc) is 3.38. The van der Waals surface area contributed by atoms with Crippen molar-refractivity contribution in [1.82, 2.24) is 34.8 Å². The molecule has 12 nitrogen and oxygen atoms in total. The van der Waals surface area contributed by atoms with Crippen LogP contribution in [0.1, 0.15) is 81.3 Å². The lowest BCUT2D eigenvalue weighted by molar-refractivity contribution is 0.0566. The van der Waals surface area contributed by atoms with E-state index >= 15 is 0 Å². The molecule has 260 valence electrons. The van der Waals surface area contributed by atoms with E-state index in [0.29, 0.717) is 50.9 Å². The lowest BCUT2D eigenvalue weighted by Crippen LogP contribution is -2.47. The highest BCUT2D eigenvalue weighted by Gasteiger charge is 2.40. The normalized spacial score (nSPS) is 14.8. The fourth-order valence-electron chi connectivity index (χ4n) is 5.03. The number of hydrogen-bond donors (Lipinski definition) is 2. The molecule has 0 bridgehead atoms. The number of nitrogens with two attached hydrogens (primary N) is 1. The highest BCUT2D eigenvalue weighted by atomic mass is 35.5. The minimum atomic E-state index is -2.78. The van der Waals surface area contributed by atoms with Crippen molar-refractivity contribution < 1.29 is 23.1 Å². The largest absolute Gasteiger partial charge is 0.447 e. The third-order valence-electron chi connectivity index (χ3n) is 8.26. The van der Waals surface area contributed by atoms with Gasteiger partial charge in [-0.3, -0.25) is 14.7 Å². The molecule has 1 aliphatic carbocycles. The lowest BCUT2D eigenvalue weighted by atomic mass is 9.92. The number of nitrogens with zero attached hydrogens (tertiary/aromatic N) is 7. The van der Waals surface area contributed by atoms with Crippen molar-refractivity contribution in [3.8, 4) is 16.8 Å². The molecule has 2 amide bonds. The first-order valence-electron chi connectivity index (χ1n) is 15.8. The Morgan fingerprint density at radius 1 is 1.14 bits per heavy atom. The van der Waals surface area contributed by atoms with Crippen LogP contribution in [-0.2, 0) is 4.74 Å². The van der Waals surface area contributed by atoms with Crippen molar-refractivity contribution >= 4 is 29.6 Å². The molecule has 2 aromatic heterocycles. The van der Waals surface area contributed by atoms with Crippen LogP contribution in [-0.4, -0.2) is 66.1 Å². The summed E-state index contributed by atoms with van der Waals surface area (Å²) in [7, 11) is 0. The first kappa shape index (κ1) is 35.5. The zero-order valence-corrected chi connectivity index (χ0v) is 28.8. The van der Waals surface area contributed by atoms with E-state index in [0.717, 1.165) is 12.8 Å². The Morgan fingerprint density at radius 2 is 1.86 bits per heavy atom. The molecule has 5 rings (SSSR count). The number of alkyl halides is 2. The summed E-state index contributed by atoms with van der Waals surface area (Å²) in [5.41, 5.74) is 8.58. The second-order valence-corrected chi connectivity index (χ2v) is 13.9. The van der Waals surface area contributed by atoms with E-state index in [9.17, 15) is 18.4 Å². The number of aliphatic imine (C=N–C) groups is 1. The molecule has 1 saturated carbocycles. The van der Waals surface area contributed by atoms with E-state index in [-0.39, 0.29) is 29.1 Å². The van der Waals surface area contributed by atoms with Gasteiger partial charge in [0.15, 0.2) is 5.96 Å². The van der Waals surface area contributed by atoms with Gasteiger partial charge in [-0.1, -0.05) is 50.6 Å². The molecule has 15 heteroatoms. The number of hydrogen-bond acceptors (Lipinski definition) is 7. The maximum absolute atomic E-state index is 14.5. The number of halogens is 3. The van der Waals surface area contributed by atoms with Crippen LogP contribution in [0.25, 0.3) is 16.8 Å². The highest BCUT2D eigenvalue weighted by Crippen LogP contribution is 2.35. The van der Waals surface area contributed by atoms with Crippen molar-refractivity contribution in [2.24, 2.45) is 16.1 Å². The Morgan fingerprint density at radius 3 is 2.45 bits per heavy atom. The van der Waals surface area contributed by atoms with E-state index in [2.05, 4.69) is 46.3 Å². The summed E-state index contributed by atoms with van der Waals surface area (Å²) in [6.07, 6.45) is 5.68. The molecule has 49 heavy (non-hydrogen) atoms. The molecule has 0 saturated heterocycles. The molecular formula is C34H40ClF2N9O3. The molecule has 0 radical (unpaired) electrons. The number of amides is 2. The molecule has 1 fully saturated rings. The summed E-state index contributed by atoms with van der Waals surface area (Å²) in [6, 6.07) is 10.6. The number of guanidine groups is 1. The second kappa shape index (κ2) is 14.3. The van der Waals surface area contributed by atoms with E-state index in [1.165, 1.54) is 23.6 Å². The van der Waals surface area contributed by atoms with Crippen molar-refractivity contribution in [3.05, 3.63) is 83.2 Å². The van der Waals surface area contributed by atoms with Crippen molar-refractivity contribution in [3.63, 3.8) is 0 Å². The molecule has 3 N–H and O–H groups in total. The van der Waals surface area contributed by atoms with Gasteiger partial charge in [0.2, 0.25) is 0 Å². The van der Waals surface area contributed by atoms with Crippen LogP contribution in [0.5, 0.6) is 0 Å². The van der Waals surface area contributed by atoms with Gasteiger partial charge < -0.3 is 15.8 Å².